The second kappa shape index (κ2) is 6.07. The van der Waals surface area contributed by atoms with E-state index in [-0.39, 0.29) is 5.54 Å². The third-order valence-corrected chi connectivity index (χ3v) is 3.78. The molecule has 0 bridgehead atoms. The molecule has 0 saturated carbocycles. The van der Waals surface area contributed by atoms with Crippen molar-refractivity contribution in [3.63, 3.8) is 0 Å². The maximum atomic E-state index is 3.53. The Balaban J connectivity index is 2.16. The number of rotatable bonds is 2. The van der Waals surface area contributed by atoms with E-state index in [9.17, 15) is 0 Å². The molecule has 1 heteroatoms. The molecule has 1 aromatic rings. The number of nitrogens with zero attached hydrogens (tertiary/aromatic N) is 1. The number of likely N-dealkylation sites (tertiary alicyclic amines) is 1. The topological polar surface area (TPSA) is 3.24 Å². The minimum atomic E-state index is 0.0735. The summed E-state index contributed by atoms with van der Waals surface area (Å²) >= 11 is 0. The van der Waals surface area contributed by atoms with Gasteiger partial charge in [-0.15, -0.1) is 0 Å². The lowest BCUT2D eigenvalue weighted by molar-refractivity contribution is 0.109. The van der Waals surface area contributed by atoms with E-state index in [2.05, 4.69) is 54.9 Å². The van der Waals surface area contributed by atoms with Crippen molar-refractivity contribution in [1.82, 2.24) is 4.90 Å². The summed E-state index contributed by atoms with van der Waals surface area (Å²) in [4.78, 5) is 2.56. The molecule has 1 aromatic carbocycles. The fourth-order valence-electron chi connectivity index (χ4n) is 2.68. The van der Waals surface area contributed by atoms with E-state index in [1.165, 1.54) is 38.8 Å². The van der Waals surface area contributed by atoms with Crippen LogP contribution < -0.4 is 0 Å². The summed E-state index contributed by atoms with van der Waals surface area (Å²) < 4.78 is 0. The fraction of sp³-hybridized carbons (Fsp3) is 0.529. The van der Waals surface area contributed by atoms with Gasteiger partial charge in [0.25, 0.3) is 0 Å². The van der Waals surface area contributed by atoms with Crippen molar-refractivity contribution in [2.75, 3.05) is 13.1 Å². The highest BCUT2D eigenvalue weighted by Gasteiger charge is 2.31. The van der Waals surface area contributed by atoms with Crippen LogP contribution in [0.3, 0.4) is 0 Å². The van der Waals surface area contributed by atoms with Gasteiger partial charge < -0.3 is 0 Å². The minimum absolute atomic E-state index is 0.0735. The number of piperidine rings is 1. The summed E-state index contributed by atoms with van der Waals surface area (Å²) in [5.74, 6) is 6.88. The van der Waals surface area contributed by atoms with Crippen molar-refractivity contribution < 1.29 is 0 Å². The summed E-state index contributed by atoms with van der Waals surface area (Å²) in [5.41, 5.74) is 1.20. The average Bonchev–Trinajstić information content (AvgIpc) is 2.41. The molecular weight excluding hydrogens is 218 g/mol. The SMILES string of the molecule is CCCN1CCCCC1(C)C#Cc1ccccc1. The molecule has 18 heavy (non-hydrogen) atoms. The van der Waals surface area contributed by atoms with Gasteiger partial charge in [0.1, 0.15) is 0 Å². The van der Waals surface area contributed by atoms with Gasteiger partial charge in [0, 0.05) is 5.56 Å². The molecule has 1 aliphatic rings. The van der Waals surface area contributed by atoms with Crippen LogP contribution in [-0.4, -0.2) is 23.5 Å². The van der Waals surface area contributed by atoms with Crippen molar-refractivity contribution in [3.8, 4) is 11.8 Å². The van der Waals surface area contributed by atoms with E-state index in [0.29, 0.717) is 0 Å². The van der Waals surface area contributed by atoms with Crippen molar-refractivity contribution in [2.24, 2.45) is 0 Å². The standard InChI is InChI=1S/C17H23N/c1-3-14-18-15-8-7-12-17(18,2)13-11-16-9-5-4-6-10-16/h4-6,9-10H,3,7-8,12,14-15H2,1-2H3. The number of hydrogen-bond donors (Lipinski definition) is 0. The van der Waals surface area contributed by atoms with Gasteiger partial charge in [0.05, 0.1) is 5.54 Å². The molecule has 0 spiro atoms. The molecule has 96 valence electrons. The van der Waals surface area contributed by atoms with Gasteiger partial charge in [-0.25, -0.2) is 0 Å². The largest absolute Gasteiger partial charge is 0.288 e. The summed E-state index contributed by atoms with van der Waals surface area (Å²) in [6.07, 6.45) is 5.04. The number of hydrogen-bond acceptors (Lipinski definition) is 1. The lowest BCUT2D eigenvalue weighted by atomic mass is 9.88. The molecule has 0 radical (unpaired) electrons. The molecule has 0 amide bonds. The van der Waals surface area contributed by atoms with Crippen molar-refractivity contribution in [3.05, 3.63) is 35.9 Å². The van der Waals surface area contributed by atoms with Gasteiger partial charge in [-0.3, -0.25) is 4.90 Å². The van der Waals surface area contributed by atoms with Crippen molar-refractivity contribution >= 4 is 0 Å². The third-order valence-electron chi connectivity index (χ3n) is 3.78. The summed E-state index contributed by atoms with van der Waals surface area (Å²) in [5, 5.41) is 0. The fourth-order valence-corrected chi connectivity index (χ4v) is 2.68. The van der Waals surface area contributed by atoms with E-state index in [1.807, 2.05) is 6.07 Å². The average molecular weight is 241 g/mol. The van der Waals surface area contributed by atoms with Crippen molar-refractivity contribution in [2.45, 2.75) is 45.1 Å². The monoisotopic (exact) mass is 241 g/mol. The molecule has 1 unspecified atom stereocenters. The van der Waals surface area contributed by atoms with Crippen LogP contribution in [0.4, 0.5) is 0 Å². The van der Waals surface area contributed by atoms with Crippen LogP contribution >= 0.6 is 0 Å². The van der Waals surface area contributed by atoms with E-state index < -0.39 is 0 Å². The Labute approximate surface area is 111 Å². The van der Waals surface area contributed by atoms with Crippen LogP contribution in [0.15, 0.2) is 30.3 Å². The van der Waals surface area contributed by atoms with Gasteiger partial charge in [0.2, 0.25) is 0 Å². The molecule has 0 aromatic heterocycles. The van der Waals surface area contributed by atoms with E-state index in [0.717, 1.165) is 5.56 Å². The number of benzene rings is 1. The van der Waals surface area contributed by atoms with E-state index >= 15 is 0 Å². The lowest BCUT2D eigenvalue weighted by Crippen LogP contribution is -2.49. The molecule has 1 nitrogen and oxygen atoms in total. The molecule has 0 aliphatic carbocycles. The minimum Gasteiger partial charge on any atom is -0.288 e. The first-order chi connectivity index (χ1) is 8.74. The molecule has 0 N–H and O–H groups in total. The van der Waals surface area contributed by atoms with E-state index in [1.54, 1.807) is 0 Å². The first-order valence-electron chi connectivity index (χ1n) is 7.08. The van der Waals surface area contributed by atoms with E-state index in [4.69, 9.17) is 0 Å². The Morgan fingerprint density at radius 3 is 2.72 bits per heavy atom. The van der Waals surface area contributed by atoms with Crippen LogP contribution in [0.1, 0.15) is 45.1 Å². The van der Waals surface area contributed by atoms with Crippen LogP contribution in [0.5, 0.6) is 0 Å². The second-order valence-electron chi connectivity index (χ2n) is 5.33. The second-order valence-corrected chi connectivity index (χ2v) is 5.33. The molecule has 1 aliphatic heterocycles. The zero-order chi connectivity index (χ0) is 12.8. The van der Waals surface area contributed by atoms with Gasteiger partial charge >= 0.3 is 0 Å². The first-order valence-corrected chi connectivity index (χ1v) is 7.08. The zero-order valence-corrected chi connectivity index (χ0v) is 11.6. The molecule has 1 fully saturated rings. The first kappa shape index (κ1) is 13.2. The predicted octanol–water partition coefficient (Wildman–Crippen LogP) is 3.69. The maximum absolute atomic E-state index is 3.53. The normalized spacial score (nSPS) is 24.3. The lowest BCUT2D eigenvalue weighted by Gasteiger charge is -2.41. The quantitative estimate of drug-likeness (QED) is 0.714. The van der Waals surface area contributed by atoms with Gasteiger partial charge in [0.15, 0.2) is 0 Å². The maximum Gasteiger partial charge on any atom is 0.0801 e. The van der Waals surface area contributed by atoms with Gasteiger partial charge in [-0.1, -0.05) is 37.0 Å². The molecule has 1 heterocycles. The summed E-state index contributed by atoms with van der Waals surface area (Å²) in [6.45, 7) is 6.92. The third kappa shape index (κ3) is 3.15. The smallest absolute Gasteiger partial charge is 0.0801 e. The van der Waals surface area contributed by atoms with Gasteiger partial charge in [-0.05, 0) is 57.8 Å². The zero-order valence-electron chi connectivity index (χ0n) is 11.6. The Bertz CT molecular complexity index is 424. The highest BCUT2D eigenvalue weighted by molar-refractivity contribution is 5.36. The van der Waals surface area contributed by atoms with Gasteiger partial charge in [-0.2, -0.15) is 0 Å². The Morgan fingerprint density at radius 1 is 1.22 bits per heavy atom. The molecular formula is C17H23N. The Kier molecular flexibility index (Phi) is 4.44. The van der Waals surface area contributed by atoms with Crippen LogP contribution in [0.25, 0.3) is 0 Å². The Morgan fingerprint density at radius 2 is 2.00 bits per heavy atom. The Hall–Kier alpha value is -1.26. The van der Waals surface area contributed by atoms with Crippen LogP contribution in [0, 0.1) is 11.8 Å². The summed E-state index contributed by atoms with van der Waals surface area (Å²) in [6, 6.07) is 10.3. The summed E-state index contributed by atoms with van der Waals surface area (Å²) in [7, 11) is 0. The highest BCUT2D eigenvalue weighted by atomic mass is 15.2. The molecule has 2 rings (SSSR count). The molecule has 1 atom stereocenters. The molecule has 1 saturated heterocycles. The predicted molar refractivity (Wildman–Crippen MR) is 77.4 cm³/mol. The van der Waals surface area contributed by atoms with Crippen LogP contribution in [0.2, 0.25) is 0 Å². The highest BCUT2D eigenvalue weighted by Crippen LogP contribution is 2.27. The van der Waals surface area contributed by atoms with Crippen molar-refractivity contribution in [1.29, 1.82) is 0 Å². The van der Waals surface area contributed by atoms with Crippen LogP contribution in [-0.2, 0) is 0 Å².